The Balaban J connectivity index is 1.56. The fourth-order valence-electron chi connectivity index (χ4n) is 3.93. The van der Waals surface area contributed by atoms with Gasteiger partial charge in [-0.3, -0.25) is 24.5 Å². The second-order valence-corrected chi connectivity index (χ2v) is 7.89. The van der Waals surface area contributed by atoms with Crippen molar-refractivity contribution in [2.24, 2.45) is 5.92 Å². The first kappa shape index (κ1) is 21.0. The lowest BCUT2D eigenvalue weighted by Gasteiger charge is -2.36. The van der Waals surface area contributed by atoms with Crippen molar-refractivity contribution in [2.45, 2.75) is 40.8 Å². The predicted molar refractivity (Wildman–Crippen MR) is 111 cm³/mol. The molecule has 1 aliphatic heterocycles. The van der Waals surface area contributed by atoms with Crippen LogP contribution in [0.1, 0.15) is 29.4 Å². The van der Waals surface area contributed by atoms with E-state index < -0.39 is 4.92 Å². The SMILES string of the molecule is Cc1ccccc1CN1CCN(C(=O)C(C)Cn2nc(C)c([N+](=O)[O-])c2C)CC1. The minimum absolute atomic E-state index is 0.0365. The number of hydrogen-bond donors (Lipinski definition) is 0. The number of piperazine rings is 1. The molecule has 1 aliphatic rings. The summed E-state index contributed by atoms with van der Waals surface area (Å²) < 4.78 is 1.59. The van der Waals surface area contributed by atoms with Crippen LogP contribution in [0.2, 0.25) is 0 Å². The van der Waals surface area contributed by atoms with E-state index in [9.17, 15) is 14.9 Å². The summed E-state index contributed by atoms with van der Waals surface area (Å²) in [5.74, 6) is -0.203. The Hall–Kier alpha value is -2.74. The molecule has 2 aromatic rings. The summed E-state index contributed by atoms with van der Waals surface area (Å²) in [5, 5.41) is 15.4. The van der Waals surface area contributed by atoms with Crippen LogP contribution in [0, 0.1) is 36.8 Å². The molecule has 29 heavy (non-hydrogen) atoms. The topological polar surface area (TPSA) is 84.5 Å². The van der Waals surface area contributed by atoms with Gasteiger partial charge in [0.15, 0.2) is 0 Å². The number of benzene rings is 1. The van der Waals surface area contributed by atoms with Crippen LogP contribution in [0.5, 0.6) is 0 Å². The second-order valence-electron chi connectivity index (χ2n) is 7.89. The monoisotopic (exact) mass is 399 g/mol. The van der Waals surface area contributed by atoms with E-state index in [1.165, 1.54) is 11.1 Å². The largest absolute Gasteiger partial charge is 0.340 e. The smallest absolute Gasteiger partial charge is 0.312 e. The number of aromatic nitrogens is 2. The summed E-state index contributed by atoms with van der Waals surface area (Å²) in [5.41, 5.74) is 3.53. The van der Waals surface area contributed by atoms with Crippen molar-refractivity contribution in [1.82, 2.24) is 19.6 Å². The minimum Gasteiger partial charge on any atom is -0.340 e. The van der Waals surface area contributed by atoms with Gasteiger partial charge >= 0.3 is 5.69 Å². The third-order valence-electron chi connectivity index (χ3n) is 5.73. The van der Waals surface area contributed by atoms with E-state index >= 15 is 0 Å². The van der Waals surface area contributed by atoms with Gasteiger partial charge in [-0.2, -0.15) is 5.10 Å². The Morgan fingerprint density at radius 2 is 1.83 bits per heavy atom. The fourth-order valence-corrected chi connectivity index (χ4v) is 3.93. The van der Waals surface area contributed by atoms with Crippen LogP contribution in [0.4, 0.5) is 5.69 Å². The van der Waals surface area contributed by atoms with Crippen LogP contribution in [-0.4, -0.2) is 56.6 Å². The first-order valence-electron chi connectivity index (χ1n) is 10.0. The summed E-state index contributed by atoms with van der Waals surface area (Å²) >= 11 is 0. The third kappa shape index (κ3) is 4.64. The average Bonchev–Trinajstić information content (AvgIpc) is 2.96. The number of carbonyl (C=O) groups is 1. The van der Waals surface area contributed by atoms with Crippen molar-refractivity contribution in [3.63, 3.8) is 0 Å². The number of nitro groups is 1. The van der Waals surface area contributed by atoms with Crippen LogP contribution < -0.4 is 0 Å². The van der Waals surface area contributed by atoms with E-state index in [4.69, 9.17) is 0 Å². The Morgan fingerprint density at radius 1 is 1.17 bits per heavy atom. The molecular weight excluding hydrogens is 370 g/mol. The zero-order valence-electron chi connectivity index (χ0n) is 17.6. The van der Waals surface area contributed by atoms with E-state index in [1.807, 2.05) is 17.9 Å². The van der Waals surface area contributed by atoms with E-state index in [1.54, 1.807) is 18.5 Å². The van der Waals surface area contributed by atoms with E-state index in [0.29, 0.717) is 31.0 Å². The van der Waals surface area contributed by atoms with Gasteiger partial charge in [-0.15, -0.1) is 0 Å². The summed E-state index contributed by atoms with van der Waals surface area (Å²) in [4.78, 5) is 27.9. The van der Waals surface area contributed by atoms with Gasteiger partial charge in [0.2, 0.25) is 5.91 Å². The Bertz CT molecular complexity index is 900. The Kier molecular flexibility index (Phi) is 6.32. The fraction of sp³-hybridized carbons (Fsp3) is 0.524. The lowest BCUT2D eigenvalue weighted by Crippen LogP contribution is -2.50. The zero-order valence-corrected chi connectivity index (χ0v) is 17.6. The van der Waals surface area contributed by atoms with Crippen molar-refractivity contribution in [3.05, 3.63) is 56.9 Å². The van der Waals surface area contributed by atoms with Gasteiger partial charge < -0.3 is 4.90 Å². The number of carbonyl (C=O) groups excluding carboxylic acids is 1. The van der Waals surface area contributed by atoms with Crippen molar-refractivity contribution < 1.29 is 9.72 Å². The lowest BCUT2D eigenvalue weighted by atomic mass is 10.1. The van der Waals surface area contributed by atoms with Crippen LogP contribution in [0.25, 0.3) is 0 Å². The number of rotatable bonds is 6. The van der Waals surface area contributed by atoms with E-state index in [-0.39, 0.29) is 17.5 Å². The Morgan fingerprint density at radius 3 is 2.41 bits per heavy atom. The molecule has 0 spiro atoms. The molecule has 1 aromatic heterocycles. The Labute approximate surface area is 171 Å². The van der Waals surface area contributed by atoms with Crippen LogP contribution >= 0.6 is 0 Å². The summed E-state index contributed by atoms with van der Waals surface area (Å²) in [6.07, 6.45) is 0. The maximum atomic E-state index is 12.9. The van der Waals surface area contributed by atoms with E-state index in [0.717, 1.165) is 19.6 Å². The van der Waals surface area contributed by atoms with Gasteiger partial charge in [0.25, 0.3) is 0 Å². The first-order valence-corrected chi connectivity index (χ1v) is 10.0. The van der Waals surface area contributed by atoms with Crippen molar-refractivity contribution in [1.29, 1.82) is 0 Å². The number of amides is 1. The summed E-state index contributed by atoms with van der Waals surface area (Å²) in [6, 6.07) is 8.39. The third-order valence-corrected chi connectivity index (χ3v) is 5.73. The normalized spacial score (nSPS) is 16.1. The molecular formula is C21H29N5O3. The highest BCUT2D eigenvalue weighted by molar-refractivity contribution is 5.78. The van der Waals surface area contributed by atoms with Crippen molar-refractivity contribution in [3.8, 4) is 0 Å². The minimum atomic E-state index is -0.408. The molecule has 2 heterocycles. The maximum absolute atomic E-state index is 12.9. The highest BCUT2D eigenvalue weighted by Gasteiger charge is 2.28. The molecule has 0 bridgehead atoms. The molecule has 1 unspecified atom stereocenters. The van der Waals surface area contributed by atoms with Crippen LogP contribution in [0.15, 0.2) is 24.3 Å². The standard InChI is InChI=1S/C21H29N5O3/c1-15-7-5-6-8-19(15)14-23-9-11-24(12-10-23)21(27)16(2)13-25-18(4)20(26(28)29)17(3)22-25/h5-8,16H,9-14H2,1-4H3. The summed E-state index contributed by atoms with van der Waals surface area (Å²) in [7, 11) is 0. The highest BCUT2D eigenvalue weighted by Crippen LogP contribution is 2.23. The van der Waals surface area contributed by atoms with Crippen molar-refractivity contribution >= 4 is 11.6 Å². The van der Waals surface area contributed by atoms with Gasteiger partial charge in [0.05, 0.1) is 17.4 Å². The average molecular weight is 399 g/mol. The highest BCUT2D eigenvalue weighted by atomic mass is 16.6. The molecule has 1 aromatic carbocycles. The number of nitrogens with zero attached hydrogens (tertiary/aromatic N) is 5. The molecule has 8 nitrogen and oxygen atoms in total. The van der Waals surface area contributed by atoms with Crippen molar-refractivity contribution in [2.75, 3.05) is 26.2 Å². The summed E-state index contributed by atoms with van der Waals surface area (Å²) in [6.45, 7) is 11.6. The molecule has 0 radical (unpaired) electrons. The van der Waals surface area contributed by atoms with Crippen LogP contribution in [0.3, 0.4) is 0 Å². The molecule has 1 amide bonds. The zero-order chi connectivity index (χ0) is 21.1. The molecule has 3 rings (SSSR count). The van der Waals surface area contributed by atoms with Gasteiger partial charge in [0, 0.05) is 32.7 Å². The second kappa shape index (κ2) is 8.73. The van der Waals surface area contributed by atoms with Gasteiger partial charge in [-0.1, -0.05) is 31.2 Å². The quantitative estimate of drug-likeness (QED) is 0.551. The molecule has 156 valence electrons. The molecule has 8 heteroatoms. The predicted octanol–water partition coefficient (Wildman–Crippen LogP) is 2.70. The molecule has 0 saturated carbocycles. The van der Waals surface area contributed by atoms with Gasteiger partial charge in [-0.05, 0) is 31.9 Å². The van der Waals surface area contributed by atoms with Gasteiger partial charge in [0.1, 0.15) is 11.4 Å². The number of hydrogen-bond acceptors (Lipinski definition) is 5. The molecule has 0 aliphatic carbocycles. The van der Waals surface area contributed by atoms with Gasteiger partial charge in [-0.25, -0.2) is 0 Å². The first-order chi connectivity index (χ1) is 13.8. The van der Waals surface area contributed by atoms with Crippen LogP contribution in [-0.2, 0) is 17.9 Å². The maximum Gasteiger partial charge on any atom is 0.312 e. The molecule has 0 N–H and O–H groups in total. The molecule has 1 saturated heterocycles. The molecule has 1 fully saturated rings. The lowest BCUT2D eigenvalue weighted by molar-refractivity contribution is -0.386. The molecule has 1 atom stereocenters. The van der Waals surface area contributed by atoms with E-state index in [2.05, 4.69) is 35.1 Å². The number of aryl methyl sites for hydroxylation is 2.